The molecule has 0 spiro atoms. The van der Waals surface area contributed by atoms with Gasteiger partial charge in [0, 0.05) is 5.56 Å². The van der Waals surface area contributed by atoms with Crippen LogP contribution in [-0.2, 0) is 0 Å². The van der Waals surface area contributed by atoms with Crippen molar-refractivity contribution in [1.29, 1.82) is 0 Å². The van der Waals surface area contributed by atoms with Crippen molar-refractivity contribution in [3.8, 4) is 22.3 Å². The number of hydrazone groups is 1. The number of nitrogens with zero attached hydrogens (tertiary/aromatic N) is 1. The van der Waals surface area contributed by atoms with Crippen molar-refractivity contribution in [2.75, 3.05) is 0 Å². The third kappa shape index (κ3) is 3.86. The van der Waals surface area contributed by atoms with E-state index in [4.69, 9.17) is 18.0 Å². The SMILES string of the molecule is NC(=S)NN=Cc1ccc(-c2ccccc2)cc1-c1ccccc1. The number of thiocarbonyl (C=S) groups is 1. The molecule has 0 radical (unpaired) electrons. The largest absolute Gasteiger partial charge is 0.375 e. The van der Waals surface area contributed by atoms with Crippen LogP contribution in [0.15, 0.2) is 84.0 Å². The van der Waals surface area contributed by atoms with E-state index in [0.717, 1.165) is 22.3 Å². The molecule has 0 bridgehead atoms. The molecular weight excluding hydrogens is 314 g/mol. The average molecular weight is 331 g/mol. The van der Waals surface area contributed by atoms with Crippen LogP contribution in [0.1, 0.15) is 5.56 Å². The van der Waals surface area contributed by atoms with E-state index in [9.17, 15) is 0 Å². The summed E-state index contributed by atoms with van der Waals surface area (Å²) in [7, 11) is 0. The highest BCUT2D eigenvalue weighted by Crippen LogP contribution is 2.28. The second kappa shape index (κ2) is 7.53. The molecule has 3 aromatic rings. The molecule has 3 N–H and O–H groups in total. The van der Waals surface area contributed by atoms with E-state index in [2.05, 4.69) is 53.0 Å². The molecule has 0 heterocycles. The van der Waals surface area contributed by atoms with Gasteiger partial charge in [0.1, 0.15) is 0 Å². The van der Waals surface area contributed by atoms with Gasteiger partial charge in [-0.1, -0.05) is 72.8 Å². The average Bonchev–Trinajstić information content (AvgIpc) is 2.63. The fourth-order valence-corrected chi connectivity index (χ4v) is 2.56. The maximum absolute atomic E-state index is 5.41. The minimum Gasteiger partial charge on any atom is -0.375 e. The van der Waals surface area contributed by atoms with Gasteiger partial charge in [-0.25, -0.2) is 0 Å². The monoisotopic (exact) mass is 331 g/mol. The van der Waals surface area contributed by atoms with Crippen LogP contribution in [-0.4, -0.2) is 11.3 Å². The summed E-state index contributed by atoms with van der Waals surface area (Å²) in [6, 6.07) is 26.8. The lowest BCUT2D eigenvalue weighted by atomic mass is 9.95. The van der Waals surface area contributed by atoms with Gasteiger partial charge in [0.15, 0.2) is 5.11 Å². The van der Waals surface area contributed by atoms with E-state index in [1.165, 1.54) is 5.56 Å². The van der Waals surface area contributed by atoms with Crippen molar-refractivity contribution in [2.24, 2.45) is 10.8 Å². The number of hydrogen-bond donors (Lipinski definition) is 2. The van der Waals surface area contributed by atoms with Gasteiger partial charge in [-0.15, -0.1) is 0 Å². The fourth-order valence-electron chi connectivity index (χ4n) is 2.51. The summed E-state index contributed by atoms with van der Waals surface area (Å²) in [5.74, 6) is 0. The molecule has 0 aromatic heterocycles. The molecular formula is C20H17N3S. The highest BCUT2D eigenvalue weighted by Gasteiger charge is 2.06. The highest BCUT2D eigenvalue weighted by atomic mass is 32.1. The molecule has 0 aliphatic rings. The minimum atomic E-state index is 0.147. The third-order valence-electron chi connectivity index (χ3n) is 3.62. The van der Waals surface area contributed by atoms with Crippen molar-refractivity contribution < 1.29 is 0 Å². The van der Waals surface area contributed by atoms with Gasteiger partial charge in [0.2, 0.25) is 0 Å². The first kappa shape index (κ1) is 15.9. The van der Waals surface area contributed by atoms with E-state index in [1.54, 1.807) is 6.21 Å². The zero-order valence-electron chi connectivity index (χ0n) is 13.0. The molecule has 0 fully saturated rings. The van der Waals surface area contributed by atoms with E-state index < -0.39 is 0 Å². The highest BCUT2D eigenvalue weighted by molar-refractivity contribution is 7.80. The van der Waals surface area contributed by atoms with Crippen LogP contribution in [0, 0.1) is 0 Å². The number of hydrogen-bond acceptors (Lipinski definition) is 2. The molecule has 0 atom stereocenters. The predicted octanol–water partition coefficient (Wildman–Crippen LogP) is 4.19. The minimum absolute atomic E-state index is 0.147. The van der Waals surface area contributed by atoms with Crippen LogP contribution in [0.25, 0.3) is 22.3 Å². The van der Waals surface area contributed by atoms with Crippen molar-refractivity contribution in [1.82, 2.24) is 5.43 Å². The molecule has 0 saturated carbocycles. The van der Waals surface area contributed by atoms with Crippen molar-refractivity contribution in [3.63, 3.8) is 0 Å². The van der Waals surface area contributed by atoms with Crippen molar-refractivity contribution >= 4 is 23.5 Å². The first-order valence-electron chi connectivity index (χ1n) is 7.57. The first-order chi connectivity index (χ1) is 11.7. The zero-order valence-corrected chi connectivity index (χ0v) is 13.8. The molecule has 3 nitrogen and oxygen atoms in total. The number of rotatable bonds is 4. The zero-order chi connectivity index (χ0) is 16.8. The molecule has 0 saturated heterocycles. The van der Waals surface area contributed by atoms with Crippen molar-refractivity contribution in [2.45, 2.75) is 0 Å². The molecule has 0 aliphatic carbocycles. The Morgan fingerprint density at radius 2 is 1.46 bits per heavy atom. The Labute approximate surface area is 146 Å². The van der Waals surface area contributed by atoms with Gasteiger partial charge in [-0.05, 0) is 40.5 Å². The predicted molar refractivity (Wildman–Crippen MR) is 105 cm³/mol. The Bertz CT molecular complexity index is 859. The van der Waals surface area contributed by atoms with Gasteiger partial charge < -0.3 is 5.73 Å². The topological polar surface area (TPSA) is 50.4 Å². The maximum atomic E-state index is 5.41. The van der Waals surface area contributed by atoms with E-state index in [1.807, 2.05) is 36.4 Å². The Hall–Kier alpha value is -2.98. The number of benzene rings is 3. The van der Waals surface area contributed by atoms with Crippen LogP contribution in [0.5, 0.6) is 0 Å². The lowest BCUT2D eigenvalue weighted by Crippen LogP contribution is -2.24. The molecule has 3 aromatic carbocycles. The Morgan fingerprint density at radius 1 is 0.833 bits per heavy atom. The van der Waals surface area contributed by atoms with E-state index >= 15 is 0 Å². The second-order valence-corrected chi connectivity index (χ2v) is 5.71. The smallest absolute Gasteiger partial charge is 0.184 e. The van der Waals surface area contributed by atoms with Crippen molar-refractivity contribution in [3.05, 3.63) is 84.4 Å². The third-order valence-corrected chi connectivity index (χ3v) is 3.71. The van der Waals surface area contributed by atoms with Crippen LogP contribution >= 0.6 is 12.2 Å². The number of nitrogens with two attached hydrogens (primary N) is 1. The van der Waals surface area contributed by atoms with Crippen LogP contribution in [0.2, 0.25) is 0 Å². The molecule has 4 heteroatoms. The second-order valence-electron chi connectivity index (χ2n) is 5.27. The quantitative estimate of drug-likeness (QED) is 0.428. The normalized spacial score (nSPS) is 10.7. The van der Waals surface area contributed by atoms with Crippen LogP contribution in [0.3, 0.4) is 0 Å². The molecule has 0 unspecified atom stereocenters. The number of nitrogens with one attached hydrogen (secondary N) is 1. The molecule has 0 amide bonds. The van der Waals surface area contributed by atoms with Crippen LogP contribution in [0.4, 0.5) is 0 Å². The molecule has 24 heavy (non-hydrogen) atoms. The van der Waals surface area contributed by atoms with E-state index in [0.29, 0.717) is 0 Å². The standard InChI is InChI=1S/C20H17N3S/c21-20(24)23-22-14-18-12-11-17(15-7-3-1-4-8-15)13-19(18)16-9-5-2-6-10-16/h1-14H,(H3,21,23,24). The molecule has 3 rings (SSSR count). The summed E-state index contributed by atoms with van der Waals surface area (Å²) in [6.07, 6.45) is 1.73. The van der Waals surface area contributed by atoms with Crippen LogP contribution < -0.4 is 11.2 Å². The molecule has 118 valence electrons. The summed E-state index contributed by atoms with van der Waals surface area (Å²) in [4.78, 5) is 0. The molecule has 0 aliphatic heterocycles. The van der Waals surface area contributed by atoms with E-state index in [-0.39, 0.29) is 5.11 Å². The van der Waals surface area contributed by atoms with Gasteiger partial charge in [-0.3, -0.25) is 5.43 Å². The maximum Gasteiger partial charge on any atom is 0.184 e. The summed E-state index contributed by atoms with van der Waals surface area (Å²) in [5, 5.41) is 4.24. The lowest BCUT2D eigenvalue weighted by molar-refractivity contribution is 1.04. The van der Waals surface area contributed by atoms with Gasteiger partial charge in [-0.2, -0.15) is 5.10 Å². The van der Waals surface area contributed by atoms with Gasteiger partial charge in [0.05, 0.1) is 6.21 Å². The Morgan fingerprint density at radius 3 is 2.08 bits per heavy atom. The Balaban J connectivity index is 2.06. The van der Waals surface area contributed by atoms with Gasteiger partial charge >= 0.3 is 0 Å². The Kier molecular flexibility index (Phi) is 4.99. The summed E-state index contributed by atoms with van der Waals surface area (Å²) in [5.41, 5.74) is 13.6. The summed E-state index contributed by atoms with van der Waals surface area (Å²) < 4.78 is 0. The van der Waals surface area contributed by atoms with Gasteiger partial charge in [0.25, 0.3) is 0 Å². The summed E-state index contributed by atoms with van der Waals surface area (Å²) in [6.45, 7) is 0. The first-order valence-corrected chi connectivity index (χ1v) is 7.98. The lowest BCUT2D eigenvalue weighted by Gasteiger charge is -2.10. The fraction of sp³-hybridized carbons (Fsp3) is 0. The summed E-state index contributed by atoms with van der Waals surface area (Å²) >= 11 is 4.77.